The molecule has 0 bridgehead atoms. The van der Waals surface area contributed by atoms with Gasteiger partial charge >= 0.3 is 5.97 Å². The molecule has 0 saturated carbocycles. The van der Waals surface area contributed by atoms with Crippen molar-refractivity contribution in [1.29, 1.82) is 0 Å². The van der Waals surface area contributed by atoms with Gasteiger partial charge in [-0.2, -0.15) is 4.99 Å². The SMILES string of the molecule is CCCn1c(=NC(=O)c2ccc(C)cc2)c(C(=O)OCC)cc2c(=O)n3ccccc3nc21. The molecule has 0 saturated heterocycles. The predicted octanol–water partition coefficient (Wildman–Crippen LogP) is 3.29. The minimum Gasteiger partial charge on any atom is -0.462 e. The van der Waals surface area contributed by atoms with Gasteiger partial charge in [-0.05, 0) is 50.6 Å². The zero-order chi connectivity index (χ0) is 23.5. The molecule has 0 aliphatic carbocycles. The van der Waals surface area contributed by atoms with Crippen molar-refractivity contribution in [2.24, 2.45) is 4.99 Å². The summed E-state index contributed by atoms with van der Waals surface area (Å²) in [5.41, 5.74) is 2.08. The molecular formula is C25H24N4O4. The molecule has 3 heterocycles. The lowest BCUT2D eigenvalue weighted by molar-refractivity contribution is 0.0523. The van der Waals surface area contributed by atoms with Gasteiger partial charge in [0.15, 0.2) is 5.49 Å². The number of pyridine rings is 2. The van der Waals surface area contributed by atoms with E-state index in [1.807, 2.05) is 26.0 Å². The van der Waals surface area contributed by atoms with Gasteiger partial charge in [0.1, 0.15) is 16.9 Å². The lowest BCUT2D eigenvalue weighted by atomic mass is 10.1. The molecule has 168 valence electrons. The highest BCUT2D eigenvalue weighted by Gasteiger charge is 2.20. The van der Waals surface area contributed by atoms with Gasteiger partial charge < -0.3 is 9.30 Å². The van der Waals surface area contributed by atoms with Crippen molar-refractivity contribution in [3.63, 3.8) is 0 Å². The Hall–Kier alpha value is -4.07. The van der Waals surface area contributed by atoms with Crippen molar-refractivity contribution in [2.45, 2.75) is 33.7 Å². The first-order chi connectivity index (χ1) is 15.9. The average Bonchev–Trinajstić information content (AvgIpc) is 2.81. The normalized spacial score (nSPS) is 11.8. The highest BCUT2D eigenvalue weighted by atomic mass is 16.5. The zero-order valence-electron chi connectivity index (χ0n) is 18.7. The fraction of sp³-hybridized carbons (Fsp3) is 0.240. The van der Waals surface area contributed by atoms with E-state index in [1.165, 1.54) is 10.5 Å². The molecule has 4 rings (SSSR count). The van der Waals surface area contributed by atoms with Crippen LogP contribution in [0.15, 0.2) is 64.5 Å². The summed E-state index contributed by atoms with van der Waals surface area (Å²) in [4.78, 5) is 48.1. The van der Waals surface area contributed by atoms with E-state index in [4.69, 9.17) is 4.74 Å². The Morgan fingerprint density at radius 2 is 1.85 bits per heavy atom. The average molecular weight is 444 g/mol. The number of hydrogen-bond acceptors (Lipinski definition) is 5. The second kappa shape index (κ2) is 9.20. The van der Waals surface area contributed by atoms with Gasteiger partial charge in [0.25, 0.3) is 11.5 Å². The zero-order valence-corrected chi connectivity index (χ0v) is 18.7. The van der Waals surface area contributed by atoms with Crippen LogP contribution in [0.2, 0.25) is 0 Å². The number of amides is 1. The molecule has 33 heavy (non-hydrogen) atoms. The van der Waals surface area contributed by atoms with Gasteiger partial charge in [-0.1, -0.05) is 30.7 Å². The van der Waals surface area contributed by atoms with E-state index in [9.17, 15) is 14.4 Å². The van der Waals surface area contributed by atoms with E-state index in [2.05, 4.69) is 9.98 Å². The highest BCUT2D eigenvalue weighted by molar-refractivity contribution is 5.97. The second-order valence-corrected chi connectivity index (χ2v) is 7.62. The Kier molecular flexibility index (Phi) is 6.17. The molecule has 0 aliphatic rings. The van der Waals surface area contributed by atoms with Gasteiger partial charge in [0, 0.05) is 18.3 Å². The molecule has 1 aromatic carbocycles. The van der Waals surface area contributed by atoms with Crippen LogP contribution in [0.5, 0.6) is 0 Å². The van der Waals surface area contributed by atoms with Gasteiger partial charge in [0.05, 0.1) is 12.0 Å². The number of carbonyl (C=O) groups excluding carboxylic acids is 2. The Labute approximate surface area is 189 Å². The molecule has 3 aromatic heterocycles. The van der Waals surface area contributed by atoms with E-state index in [-0.39, 0.29) is 28.6 Å². The number of hydrogen-bond donors (Lipinski definition) is 0. The summed E-state index contributed by atoms with van der Waals surface area (Å²) in [6.07, 6.45) is 2.29. The van der Waals surface area contributed by atoms with Crippen molar-refractivity contribution in [3.8, 4) is 0 Å². The van der Waals surface area contributed by atoms with E-state index in [1.54, 1.807) is 48.0 Å². The quantitative estimate of drug-likeness (QED) is 0.348. The predicted molar refractivity (Wildman–Crippen MR) is 124 cm³/mol. The molecule has 8 nitrogen and oxygen atoms in total. The number of ether oxygens (including phenoxy) is 1. The van der Waals surface area contributed by atoms with Crippen LogP contribution in [0.4, 0.5) is 0 Å². The van der Waals surface area contributed by atoms with Crippen LogP contribution in [0.1, 0.15) is 46.5 Å². The van der Waals surface area contributed by atoms with Crippen molar-refractivity contribution in [3.05, 3.63) is 87.3 Å². The molecule has 0 spiro atoms. The van der Waals surface area contributed by atoms with Crippen molar-refractivity contribution in [2.75, 3.05) is 6.61 Å². The molecule has 4 aromatic rings. The van der Waals surface area contributed by atoms with Crippen LogP contribution in [0, 0.1) is 6.92 Å². The molecule has 1 amide bonds. The van der Waals surface area contributed by atoms with Crippen LogP contribution in [0.25, 0.3) is 16.7 Å². The smallest absolute Gasteiger partial charge is 0.341 e. The Balaban J connectivity index is 2.10. The van der Waals surface area contributed by atoms with E-state index in [0.717, 1.165) is 5.56 Å². The summed E-state index contributed by atoms with van der Waals surface area (Å²) < 4.78 is 8.30. The fourth-order valence-corrected chi connectivity index (χ4v) is 3.65. The number of fused-ring (bicyclic) bond motifs is 2. The maximum atomic E-state index is 13.2. The third kappa shape index (κ3) is 4.19. The lowest BCUT2D eigenvalue weighted by Crippen LogP contribution is -2.32. The maximum Gasteiger partial charge on any atom is 0.341 e. The number of nitrogens with zero attached hydrogens (tertiary/aromatic N) is 4. The van der Waals surface area contributed by atoms with Gasteiger partial charge in [0.2, 0.25) is 0 Å². The third-order valence-corrected chi connectivity index (χ3v) is 5.24. The molecule has 8 heteroatoms. The minimum atomic E-state index is -0.655. The fourth-order valence-electron chi connectivity index (χ4n) is 3.65. The number of rotatable bonds is 5. The first-order valence-corrected chi connectivity index (χ1v) is 10.8. The summed E-state index contributed by atoms with van der Waals surface area (Å²) >= 11 is 0. The van der Waals surface area contributed by atoms with Gasteiger partial charge in [-0.25, -0.2) is 9.78 Å². The number of aromatic nitrogens is 3. The number of aryl methyl sites for hydroxylation is 2. The van der Waals surface area contributed by atoms with Gasteiger partial charge in [-0.3, -0.25) is 14.0 Å². The summed E-state index contributed by atoms with van der Waals surface area (Å²) in [5.74, 6) is -1.15. The topological polar surface area (TPSA) is 95.0 Å². The molecule has 0 radical (unpaired) electrons. The van der Waals surface area contributed by atoms with E-state index >= 15 is 0 Å². The number of esters is 1. The number of carbonyl (C=O) groups is 2. The minimum absolute atomic E-state index is 0.0491. The molecule has 0 unspecified atom stereocenters. The van der Waals surface area contributed by atoms with Crippen molar-refractivity contribution < 1.29 is 14.3 Å². The molecular weight excluding hydrogens is 420 g/mol. The summed E-state index contributed by atoms with van der Waals surface area (Å²) in [7, 11) is 0. The molecule has 0 fully saturated rings. The van der Waals surface area contributed by atoms with Gasteiger partial charge in [-0.15, -0.1) is 0 Å². The van der Waals surface area contributed by atoms with Crippen molar-refractivity contribution in [1.82, 2.24) is 14.0 Å². The van der Waals surface area contributed by atoms with Crippen LogP contribution in [-0.4, -0.2) is 32.4 Å². The third-order valence-electron chi connectivity index (χ3n) is 5.24. The summed E-state index contributed by atoms with van der Waals surface area (Å²) in [6.45, 7) is 6.12. The first-order valence-electron chi connectivity index (χ1n) is 10.8. The van der Waals surface area contributed by atoms with Crippen LogP contribution in [0.3, 0.4) is 0 Å². The Bertz CT molecular complexity index is 1500. The monoisotopic (exact) mass is 444 g/mol. The standard InChI is InChI=1S/C25H24N4O4/c1-4-13-29-21-18(24(31)28-14-7-6-8-20(28)26-21)15-19(25(32)33-5-2)22(29)27-23(30)17-11-9-16(3)10-12-17/h6-12,14-15H,4-5,13H2,1-3H3. The molecule has 0 aliphatic heterocycles. The Morgan fingerprint density at radius 1 is 1.09 bits per heavy atom. The largest absolute Gasteiger partial charge is 0.462 e. The first kappa shape index (κ1) is 22.1. The summed E-state index contributed by atoms with van der Waals surface area (Å²) in [6, 6.07) is 13.7. The van der Waals surface area contributed by atoms with Crippen LogP contribution in [-0.2, 0) is 11.3 Å². The van der Waals surface area contributed by atoms with Crippen LogP contribution < -0.4 is 11.0 Å². The maximum absolute atomic E-state index is 13.2. The number of benzene rings is 1. The van der Waals surface area contributed by atoms with Crippen LogP contribution >= 0.6 is 0 Å². The summed E-state index contributed by atoms with van der Waals surface area (Å²) in [5, 5.41) is 0.247. The van der Waals surface area contributed by atoms with E-state index in [0.29, 0.717) is 29.8 Å². The van der Waals surface area contributed by atoms with E-state index < -0.39 is 11.9 Å². The van der Waals surface area contributed by atoms with Crippen molar-refractivity contribution >= 4 is 28.6 Å². The molecule has 0 atom stereocenters. The lowest BCUT2D eigenvalue weighted by Gasteiger charge is -2.14. The second-order valence-electron chi connectivity index (χ2n) is 7.62. The highest BCUT2D eigenvalue weighted by Crippen LogP contribution is 2.13. The molecule has 0 N–H and O–H groups in total. The Morgan fingerprint density at radius 3 is 2.55 bits per heavy atom.